The van der Waals surface area contributed by atoms with Gasteiger partial charge in [0, 0.05) is 17.1 Å². The third kappa shape index (κ3) is 4.74. The third-order valence-corrected chi connectivity index (χ3v) is 9.36. The number of Topliss-reactive ketones (excluding diaryl/α,β-unsaturated/α-hetero) is 1. The van der Waals surface area contributed by atoms with Gasteiger partial charge in [-0.05, 0) is 48.1 Å². The second kappa shape index (κ2) is 8.07. The highest BCUT2D eigenvalue weighted by molar-refractivity contribution is 8.34. The topological polar surface area (TPSA) is 35.5 Å². The van der Waals surface area contributed by atoms with Crippen molar-refractivity contribution in [3.8, 4) is 11.5 Å². The van der Waals surface area contributed by atoms with Crippen LogP contribution in [0.15, 0.2) is 54.6 Å². The molecule has 0 radical (unpaired) electrons. The van der Waals surface area contributed by atoms with Crippen molar-refractivity contribution in [1.29, 1.82) is 0 Å². The molecule has 1 heterocycles. The highest BCUT2D eigenvalue weighted by Gasteiger charge is 2.43. The molecule has 1 aliphatic heterocycles. The van der Waals surface area contributed by atoms with Crippen molar-refractivity contribution in [2.75, 3.05) is 31.0 Å². The predicted octanol–water partition coefficient (Wildman–Crippen LogP) is 5.54. The fourth-order valence-corrected chi connectivity index (χ4v) is 7.94. The van der Waals surface area contributed by atoms with Gasteiger partial charge < -0.3 is 9.47 Å². The lowest BCUT2D eigenvalue weighted by Gasteiger charge is -2.50. The van der Waals surface area contributed by atoms with Crippen LogP contribution in [0.25, 0.3) is 0 Å². The second-order valence-electron chi connectivity index (χ2n) is 8.42. The first-order chi connectivity index (χ1) is 12.8. The van der Waals surface area contributed by atoms with E-state index in [1.807, 2.05) is 54.6 Å². The van der Waals surface area contributed by atoms with Gasteiger partial charge >= 0.3 is 0 Å². The van der Waals surface area contributed by atoms with Gasteiger partial charge in [-0.2, -0.15) is 0 Å². The zero-order valence-corrected chi connectivity index (χ0v) is 17.6. The summed E-state index contributed by atoms with van der Waals surface area (Å²) >= 11 is 0. The van der Waals surface area contributed by atoms with E-state index in [0.29, 0.717) is 0 Å². The Morgan fingerprint density at radius 1 is 0.963 bits per heavy atom. The zero-order valence-electron chi connectivity index (χ0n) is 16.7. The van der Waals surface area contributed by atoms with Gasteiger partial charge in [0.2, 0.25) is 0 Å². The van der Waals surface area contributed by atoms with Gasteiger partial charge in [0.1, 0.15) is 11.5 Å². The predicted molar refractivity (Wildman–Crippen MR) is 115 cm³/mol. The van der Waals surface area contributed by atoms with E-state index in [4.69, 9.17) is 9.47 Å². The minimum absolute atomic E-state index is 0.0368. The molecule has 0 bridgehead atoms. The summed E-state index contributed by atoms with van der Waals surface area (Å²) in [4.78, 5) is 13.5. The molecule has 1 saturated heterocycles. The van der Waals surface area contributed by atoms with Gasteiger partial charge in [-0.1, -0.05) is 39.0 Å². The molecule has 0 aliphatic carbocycles. The number of ketones is 1. The third-order valence-electron chi connectivity index (χ3n) is 5.10. The Balaban J connectivity index is 1.81. The van der Waals surface area contributed by atoms with E-state index in [0.717, 1.165) is 41.8 Å². The van der Waals surface area contributed by atoms with E-state index < -0.39 is 10.0 Å². The maximum Gasteiger partial charge on any atom is 0.174 e. The van der Waals surface area contributed by atoms with Crippen LogP contribution >= 0.6 is 10.0 Å². The monoisotopic (exact) mass is 386 g/mol. The molecule has 2 aromatic rings. The van der Waals surface area contributed by atoms with Crippen molar-refractivity contribution in [2.24, 2.45) is 5.41 Å². The van der Waals surface area contributed by atoms with Gasteiger partial charge in [0.05, 0.1) is 18.5 Å². The number of ether oxygens (including phenoxy) is 2. The maximum atomic E-state index is 13.5. The van der Waals surface area contributed by atoms with Crippen LogP contribution in [-0.4, -0.2) is 42.0 Å². The molecule has 1 unspecified atom stereocenters. The summed E-state index contributed by atoms with van der Waals surface area (Å²) in [7, 11) is -1.05. The van der Waals surface area contributed by atoms with Crippen LogP contribution in [0.5, 0.6) is 11.5 Å². The normalized spacial score (nSPS) is 19.1. The lowest BCUT2D eigenvalue weighted by atomic mass is 9.87. The SMILES string of the molecule is CC(C)(C)C(C(=O)c1ccc(Oc2ccccc2)cc1)S1(C)CCOCC1. The zero-order chi connectivity index (χ0) is 19.5. The average Bonchev–Trinajstić information content (AvgIpc) is 2.62. The summed E-state index contributed by atoms with van der Waals surface area (Å²) in [5.41, 5.74) is 0.702. The maximum absolute atomic E-state index is 13.5. The van der Waals surface area contributed by atoms with Crippen molar-refractivity contribution in [1.82, 2.24) is 0 Å². The lowest BCUT2D eigenvalue weighted by Crippen LogP contribution is -2.43. The largest absolute Gasteiger partial charge is 0.457 e. The molecule has 0 amide bonds. The fourth-order valence-electron chi connectivity index (χ4n) is 3.91. The molecule has 1 atom stereocenters. The van der Waals surface area contributed by atoms with Gasteiger partial charge in [-0.15, -0.1) is 0 Å². The summed E-state index contributed by atoms with van der Waals surface area (Å²) < 4.78 is 11.4. The van der Waals surface area contributed by atoms with Crippen LogP contribution < -0.4 is 4.74 Å². The number of carbonyl (C=O) groups excluding carboxylic acids is 1. The minimum atomic E-state index is -1.05. The second-order valence-corrected chi connectivity index (χ2v) is 12.4. The molecule has 1 aliphatic rings. The molecule has 1 fully saturated rings. The molecular weight excluding hydrogens is 356 g/mol. The van der Waals surface area contributed by atoms with Gasteiger partial charge in [0.25, 0.3) is 0 Å². The summed E-state index contributed by atoms with van der Waals surface area (Å²) in [5, 5.41) is 0.0368. The molecule has 3 nitrogen and oxygen atoms in total. The summed E-state index contributed by atoms with van der Waals surface area (Å²) in [6.45, 7) is 8.12. The van der Waals surface area contributed by atoms with E-state index in [2.05, 4.69) is 27.0 Å². The quantitative estimate of drug-likeness (QED) is 0.633. The van der Waals surface area contributed by atoms with Crippen LogP contribution in [0, 0.1) is 5.41 Å². The summed E-state index contributed by atoms with van der Waals surface area (Å²) in [6, 6.07) is 17.3. The van der Waals surface area contributed by atoms with Crippen molar-refractivity contribution in [2.45, 2.75) is 26.0 Å². The van der Waals surface area contributed by atoms with E-state index in [-0.39, 0.29) is 16.4 Å². The van der Waals surface area contributed by atoms with Crippen LogP contribution in [-0.2, 0) is 4.74 Å². The van der Waals surface area contributed by atoms with Crippen LogP contribution in [0.3, 0.4) is 0 Å². The average molecular weight is 387 g/mol. The van der Waals surface area contributed by atoms with E-state index in [9.17, 15) is 4.79 Å². The Morgan fingerprint density at radius 3 is 2.07 bits per heavy atom. The van der Waals surface area contributed by atoms with Crippen molar-refractivity contribution >= 4 is 15.8 Å². The number of hydrogen-bond donors (Lipinski definition) is 0. The van der Waals surface area contributed by atoms with Crippen LogP contribution in [0.4, 0.5) is 0 Å². The Bertz CT molecular complexity index is 756. The molecule has 0 saturated carbocycles. The number of para-hydroxylation sites is 1. The minimum Gasteiger partial charge on any atom is -0.457 e. The van der Waals surface area contributed by atoms with Gasteiger partial charge in [-0.3, -0.25) is 4.79 Å². The molecule has 3 rings (SSSR count). The lowest BCUT2D eigenvalue weighted by molar-refractivity contribution is 0.0945. The number of rotatable bonds is 5. The number of carbonyl (C=O) groups is 1. The van der Waals surface area contributed by atoms with Crippen molar-refractivity contribution in [3.05, 3.63) is 60.2 Å². The first kappa shape index (κ1) is 20.0. The molecule has 0 spiro atoms. The molecule has 27 heavy (non-hydrogen) atoms. The Kier molecular flexibility index (Phi) is 5.97. The van der Waals surface area contributed by atoms with Crippen molar-refractivity contribution in [3.63, 3.8) is 0 Å². The Morgan fingerprint density at radius 2 is 1.52 bits per heavy atom. The Labute approximate surface area is 164 Å². The van der Waals surface area contributed by atoms with Crippen LogP contribution in [0.2, 0.25) is 0 Å². The molecular formula is C23H30O3S. The molecule has 4 heteroatoms. The number of hydrogen-bond acceptors (Lipinski definition) is 3. The van der Waals surface area contributed by atoms with Gasteiger partial charge in [0.15, 0.2) is 5.78 Å². The van der Waals surface area contributed by atoms with E-state index in [1.165, 1.54) is 0 Å². The first-order valence-electron chi connectivity index (χ1n) is 9.47. The molecule has 146 valence electrons. The summed E-state index contributed by atoms with van der Waals surface area (Å²) in [5.74, 6) is 3.82. The molecule has 0 aromatic heterocycles. The standard InChI is InChI=1S/C23H30O3S/c1-23(2,3)22(27(4)16-14-25-15-17-27)21(24)18-10-12-20(13-11-18)26-19-8-6-5-7-9-19/h5-13,22H,14-17H2,1-4H3. The van der Waals surface area contributed by atoms with Gasteiger partial charge in [-0.25, -0.2) is 10.0 Å². The van der Waals surface area contributed by atoms with E-state index in [1.54, 1.807) is 0 Å². The highest BCUT2D eigenvalue weighted by Crippen LogP contribution is 2.57. The Hall–Kier alpha value is -1.78. The fraction of sp³-hybridized carbons (Fsp3) is 0.435. The highest BCUT2D eigenvalue weighted by atomic mass is 32.3. The smallest absolute Gasteiger partial charge is 0.174 e. The van der Waals surface area contributed by atoms with Crippen LogP contribution in [0.1, 0.15) is 31.1 Å². The first-order valence-corrected chi connectivity index (χ1v) is 11.9. The molecule has 0 N–H and O–H groups in total. The van der Waals surface area contributed by atoms with Crippen molar-refractivity contribution < 1.29 is 14.3 Å². The number of benzene rings is 2. The van der Waals surface area contributed by atoms with E-state index >= 15 is 0 Å². The molecule has 2 aromatic carbocycles. The summed E-state index contributed by atoms with van der Waals surface area (Å²) in [6.07, 6.45) is 2.33.